The molecule has 2 aromatic heterocycles. The Labute approximate surface area is 198 Å². The summed E-state index contributed by atoms with van der Waals surface area (Å²) < 4.78 is 12.6. The summed E-state index contributed by atoms with van der Waals surface area (Å²) in [6.07, 6.45) is 1.65. The first kappa shape index (κ1) is 23.1. The highest BCUT2D eigenvalue weighted by Gasteiger charge is 2.33. The van der Waals surface area contributed by atoms with E-state index in [1.165, 1.54) is 7.11 Å². The van der Waals surface area contributed by atoms with Gasteiger partial charge < -0.3 is 18.6 Å². The Bertz CT molecular complexity index is 1110. The van der Waals surface area contributed by atoms with Gasteiger partial charge in [-0.05, 0) is 49.7 Å². The van der Waals surface area contributed by atoms with E-state index in [-0.39, 0.29) is 11.9 Å². The molecule has 1 aliphatic heterocycles. The molecule has 1 fully saturated rings. The molecule has 1 unspecified atom stereocenters. The molecule has 1 aliphatic rings. The van der Waals surface area contributed by atoms with Crippen molar-refractivity contribution in [1.82, 2.24) is 14.4 Å². The molecule has 1 atom stereocenters. The number of carbonyl (C=O) groups is 2. The fraction of sp³-hybridized carbons (Fsp3) is 0.360. The zero-order valence-corrected chi connectivity index (χ0v) is 19.8. The molecule has 0 radical (unpaired) electrons. The molecule has 1 amide bonds. The van der Waals surface area contributed by atoms with Gasteiger partial charge in [-0.15, -0.1) is 0 Å². The van der Waals surface area contributed by atoms with Crippen LogP contribution in [0.15, 0.2) is 53.1 Å². The third kappa shape index (κ3) is 4.84. The van der Waals surface area contributed by atoms with Crippen LogP contribution in [0.4, 0.5) is 0 Å². The molecule has 0 N–H and O–H groups in total. The minimum absolute atomic E-state index is 0.00885. The lowest BCUT2D eigenvalue weighted by atomic mass is 10.0. The van der Waals surface area contributed by atoms with Crippen LogP contribution >= 0.6 is 11.6 Å². The van der Waals surface area contributed by atoms with Crippen molar-refractivity contribution in [3.05, 3.63) is 82.0 Å². The van der Waals surface area contributed by atoms with E-state index in [0.29, 0.717) is 43.3 Å². The Hall–Kier alpha value is -3.03. The zero-order chi connectivity index (χ0) is 23.5. The van der Waals surface area contributed by atoms with Crippen molar-refractivity contribution >= 4 is 23.5 Å². The quantitative estimate of drug-likeness (QED) is 0.509. The maximum absolute atomic E-state index is 13.3. The van der Waals surface area contributed by atoms with Crippen molar-refractivity contribution in [1.29, 1.82) is 0 Å². The minimum atomic E-state index is -0.525. The number of nitrogens with zero attached hydrogens (tertiary/aromatic N) is 3. The van der Waals surface area contributed by atoms with Gasteiger partial charge in [-0.25, -0.2) is 4.79 Å². The number of methoxy groups -OCH3 is 1. The summed E-state index contributed by atoms with van der Waals surface area (Å²) >= 11 is 6.01. The number of piperazine rings is 1. The van der Waals surface area contributed by atoms with Gasteiger partial charge in [-0.3, -0.25) is 9.69 Å². The highest BCUT2D eigenvalue weighted by Crippen LogP contribution is 2.26. The van der Waals surface area contributed by atoms with Crippen LogP contribution in [0.2, 0.25) is 5.02 Å². The zero-order valence-electron chi connectivity index (χ0n) is 19.1. The Balaban J connectivity index is 1.46. The second kappa shape index (κ2) is 9.85. The summed E-state index contributed by atoms with van der Waals surface area (Å²) in [5.74, 6) is 0.536. The van der Waals surface area contributed by atoms with Crippen LogP contribution in [0.1, 0.15) is 39.1 Å². The van der Waals surface area contributed by atoms with Crippen molar-refractivity contribution in [3.63, 3.8) is 0 Å². The molecular weight excluding hydrogens is 442 g/mol. The Morgan fingerprint density at radius 3 is 2.39 bits per heavy atom. The van der Waals surface area contributed by atoms with Crippen molar-refractivity contribution in [2.45, 2.75) is 26.4 Å². The van der Waals surface area contributed by atoms with Gasteiger partial charge in [0.2, 0.25) is 0 Å². The minimum Gasteiger partial charge on any atom is -0.468 e. The van der Waals surface area contributed by atoms with Crippen molar-refractivity contribution in [2.75, 3.05) is 33.3 Å². The van der Waals surface area contributed by atoms with Crippen LogP contribution in [-0.4, -0.2) is 59.5 Å². The number of furan rings is 1. The number of rotatable bonds is 6. The summed E-state index contributed by atoms with van der Waals surface area (Å²) in [5, 5.41) is 0.613. The highest BCUT2D eigenvalue weighted by atomic mass is 35.5. The summed E-state index contributed by atoms with van der Waals surface area (Å²) in [7, 11) is 1.39. The second-order valence-corrected chi connectivity index (χ2v) is 8.69. The lowest BCUT2D eigenvalue weighted by Gasteiger charge is -2.38. The van der Waals surface area contributed by atoms with Gasteiger partial charge in [-0.1, -0.05) is 23.7 Å². The number of amides is 1. The molecule has 0 aliphatic carbocycles. The van der Waals surface area contributed by atoms with Crippen LogP contribution in [0.5, 0.6) is 0 Å². The van der Waals surface area contributed by atoms with Gasteiger partial charge in [0.25, 0.3) is 5.91 Å². The molecule has 4 rings (SSSR count). The fourth-order valence-electron chi connectivity index (χ4n) is 4.43. The van der Waals surface area contributed by atoms with Crippen LogP contribution in [0, 0.1) is 13.8 Å². The van der Waals surface area contributed by atoms with E-state index in [1.54, 1.807) is 18.4 Å². The Morgan fingerprint density at radius 2 is 1.79 bits per heavy atom. The lowest BCUT2D eigenvalue weighted by Crippen LogP contribution is -2.51. The molecule has 8 heteroatoms. The van der Waals surface area contributed by atoms with Crippen molar-refractivity contribution in [3.8, 4) is 0 Å². The standard InChI is InChI=1S/C25H28ClN3O4/c1-17-15-22(18(2)29(17)16-21-5-4-14-33-21)24(30)28-12-10-27(11-13-28)23(25(31)32-3)19-6-8-20(26)9-7-19/h4-9,14-15,23H,10-13,16H2,1-3H3. The molecule has 3 aromatic rings. The Morgan fingerprint density at radius 1 is 1.09 bits per heavy atom. The third-order valence-electron chi connectivity index (χ3n) is 6.27. The SMILES string of the molecule is COC(=O)C(c1ccc(Cl)cc1)N1CCN(C(=O)c2cc(C)n(Cc3ccco3)c2C)CC1. The average molecular weight is 470 g/mol. The molecule has 1 saturated heterocycles. The van der Waals surface area contributed by atoms with Crippen LogP contribution < -0.4 is 0 Å². The number of carbonyl (C=O) groups excluding carboxylic acids is 2. The van der Waals surface area contributed by atoms with E-state index in [1.807, 2.05) is 49.1 Å². The number of hydrogen-bond donors (Lipinski definition) is 0. The second-order valence-electron chi connectivity index (χ2n) is 8.26. The van der Waals surface area contributed by atoms with Gasteiger partial charge in [-0.2, -0.15) is 0 Å². The predicted octanol–water partition coefficient (Wildman–Crippen LogP) is 4.07. The summed E-state index contributed by atoms with van der Waals surface area (Å²) in [6.45, 7) is 6.75. The van der Waals surface area contributed by atoms with Crippen LogP contribution in [0.3, 0.4) is 0 Å². The number of aryl methyl sites for hydroxylation is 1. The lowest BCUT2D eigenvalue weighted by molar-refractivity contribution is -0.148. The summed E-state index contributed by atoms with van der Waals surface area (Å²) in [6, 6.07) is 12.4. The first-order valence-electron chi connectivity index (χ1n) is 10.9. The van der Waals surface area contributed by atoms with E-state index in [4.69, 9.17) is 20.8 Å². The summed E-state index contributed by atoms with van der Waals surface area (Å²) in [4.78, 5) is 29.8. The molecule has 0 bridgehead atoms. The molecular formula is C25H28ClN3O4. The first-order chi connectivity index (χ1) is 15.9. The van der Waals surface area contributed by atoms with E-state index in [9.17, 15) is 9.59 Å². The van der Waals surface area contributed by atoms with E-state index < -0.39 is 6.04 Å². The monoisotopic (exact) mass is 469 g/mol. The molecule has 7 nitrogen and oxygen atoms in total. The van der Waals surface area contributed by atoms with Crippen molar-refractivity contribution < 1.29 is 18.7 Å². The predicted molar refractivity (Wildman–Crippen MR) is 125 cm³/mol. The fourth-order valence-corrected chi connectivity index (χ4v) is 4.55. The number of aromatic nitrogens is 1. The van der Waals surface area contributed by atoms with E-state index in [0.717, 1.165) is 22.7 Å². The molecule has 1 aromatic carbocycles. The topological polar surface area (TPSA) is 67.9 Å². The van der Waals surface area contributed by atoms with Gasteiger partial charge in [0.05, 0.1) is 25.5 Å². The number of halogens is 1. The smallest absolute Gasteiger partial charge is 0.327 e. The number of esters is 1. The number of benzene rings is 1. The average Bonchev–Trinajstić information content (AvgIpc) is 3.44. The van der Waals surface area contributed by atoms with Gasteiger partial charge in [0.1, 0.15) is 11.8 Å². The molecule has 174 valence electrons. The molecule has 33 heavy (non-hydrogen) atoms. The summed E-state index contributed by atoms with van der Waals surface area (Å²) in [5.41, 5.74) is 3.46. The molecule has 3 heterocycles. The maximum Gasteiger partial charge on any atom is 0.327 e. The maximum atomic E-state index is 13.3. The first-order valence-corrected chi connectivity index (χ1v) is 11.3. The largest absolute Gasteiger partial charge is 0.468 e. The van der Waals surface area contributed by atoms with Gasteiger partial charge in [0.15, 0.2) is 0 Å². The van der Waals surface area contributed by atoms with Gasteiger partial charge >= 0.3 is 5.97 Å². The van der Waals surface area contributed by atoms with Crippen LogP contribution in [-0.2, 0) is 16.1 Å². The van der Waals surface area contributed by atoms with E-state index >= 15 is 0 Å². The molecule has 0 spiro atoms. The van der Waals surface area contributed by atoms with Crippen molar-refractivity contribution in [2.24, 2.45) is 0 Å². The van der Waals surface area contributed by atoms with E-state index in [2.05, 4.69) is 9.47 Å². The normalized spacial score (nSPS) is 15.5. The number of ether oxygens (including phenoxy) is 1. The Kier molecular flexibility index (Phi) is 6.91. The third-order valence-corrected chi connectivity index (χ3v) is 6.53. The number of hydrogen-bond acceptors (Lipinski definition) is 5. The molecule has 0 saturated carbocycles. The van der Waals surface area contributed by atoms with Crippen LogP contribution in [0.25, 0.3) is 0 Å². The van der Waals surface area contributed by atoms with Gasteiger partial charge in [0, 0.05) is 42.6 Å². The highest BCUT2D eigenvalue weighted by molar-refractivity contribution is 6.30.